The molecule has 0 heterocycles. The highest BCUT2D eigenvalue weighted by Crippen LogP contribution is 2.18. The van der Waals surface area contributed by atoms with Gasteiger partial charge in [0.25, 0.3) is 5.91 Å². The van der Waals surface area contributed by atoms with E-state index in [1.807, 2.05) is 20.8 Å². The first-order valence-electron chi connectivity index (χ1n) is 7.04. The number of nitrogens with one attached hydrogen (secondary N) is 1. The van der Waals surface area contributed by atoms with E-state index in [1.54, 1.807) is 4.90 Å². The predicted octanol–water partition coefficient (Wildman–Crippen LogP) is 2.64. The smallest absolute Gasteiger partial charge is 0.261 e. The van der Waals surface area contributed by atoms with Crippen LogP contribution < -0.4 is 5.73 Å². The van der Waals surface area contributed by atoms with Crippen molar-refractivity contribution in [2.75, 3.05) is 6.54 Å². The Bertz CT molecular complexity index is 267. The molecule has 18 heavy (non-hydrogen) atoms. The Morgan fingerprint density at radius 2 is 1.72 bits per heavy atom. The number of hydrogen-bond donors (Lipinski definition) is 0. The van der Waals surface area contributed by atoms with Crippen LogP contribution in [0.2, 0.25) is 0 Å². The Morgan fingerprint density at radius 1 is 1.11 bits per heavy atom. The van der Waals surface area contributed by atoms with E-state index in [9.17, 15) is 9.59 Å². The van der Waals surface area contributed by atoms with Crippen LogP contribution in [0.5, 0.6) is 0 Å². The molecular formula is C14H27N2O2. The SMILES string of the molecule is CCCC(=O)N(CCC)C(C([NH])=O)C(C)CCC. The van der Waals surface area contributed by atoms with E-state index in [0.29, 0.717) is 13.0 Å². The van der Waals surface area contributed by atoms with Gasteiger partial charge in [0, 0.05) is 13.0 Å². The van der Waals surface area contributed by atoms with Crippen molar-refractivity contribution in [3.8, 4) is 0 Å². The highest BCUT2D eigenvalue weighted by atomic mass is 16.2. The predicted molar refractivity (Wildman–Crippen MR) is 72.9 cm³/mol. The summed E-state index contributed by atoms with van der Waals surface area (Å²) in [5.74, 6) is -0.561. The largest absolute Gasteiger partial charge is 0.330 e. The maximum Gasteiger partial charge on any atom is 0.261 e. The van der Waals surface area contributed by atoms with Crippen molar-refractivity contribution in [2.24, 2.45) is 5.92 Å². The molecule has 0 aromatic carbocycles. The number of carbonyl (C=O) groups excluding carboxylic acids is 2. The molecule has 2 atom stereocenters. The van der Waals surface area contributed by atoms with E-state index in [0.717, 1.165) is 25.7 Å². The van der Waals surface area contributed by atoms with E-state index in [2.05, 4.69) is 6.92 Å². The summed E-state index contributed by atoms with van der Waals surface area (Å²) in [5.41, 5.74) is 7.45. The van der Waals surface area contributed by atoms with Crippen molar-refractivity contribution >= 4 is 11.8 Å². The minimum atomic E-state index is -0.631. The fourth-order valence-electron chi connectivity index (χ4n) is 2.34. The Hall–Kier alpha value is -1.06. The van der Waals surface area contributed by atoms with Crippen LogP contribution in [-0.4, -0.2) is 29.3 Å². The van der Waals surface area contributed by atoms with Crippen molar-refractivity contribution < 1.29 is 9.59 Å². The normalized spacial score (nSPS) is 14.0. The molecule has 4 nitrogen and oxygen atoms in total. The highest BCUT2D eigenvalue weighted by molar-refractivity contribution is 5.86. The molecule has 1 radical (unpaired) electrons. The van der Waals surface area contributed by atoms with E-state index >= 15 is 0 Å². The molecule has 105 valence electrons. The van der Waals surface area contributed by atoms with E-state index in [4.69, 9.17) is 5.73 Å². The quantitative estimate of drug-likeness (QED) is 0.636. The van der Waals surface area contributed by atoms with Gasteiger partial charge in [-0.3, -0.25) is 15.3 Å². The van der Waals surface area contributed by atoms with Crippen LogP contribution in [0.1, 0.15) is 59.8 Å². The summed E-state index contributed by atoms with van der Waals surface area (Å²) in [6.45, 7) is 8.53. The van der Waals surface area contributed by atoms with Gasteiger partial charge in [-0.25, -0.2) is 0 Å². The number of amides is 2. The molecule has 0 bridgehead atoms. The second kappa shape index (κ2) is 8.95. The third-order valence-corrected chi connectivity index (χ3v) is 3.14. The molecular weight excluding hydrogens is 228 g/mol. The lowest BCUT2D eigenvalue weighted by Gasteiger charge is -2.33. The van der Waals surface area contributed by atoms with Gasteiger partial charge in [0.15, 0.2) is 0 Å². The van der Waals surface area contributed by atoms with Crippen LogP contribution >= 0.6 is 0 Å². The van der Waals surface area contributed by atoms with Gasteiger partial charge in [0.05, 0.1) is 0 Å². The zero-order valence-corrected chi connectivity index (χ0v) is 12.2. The standard InChI is InChI=1S/C14H27N2O2/c1-5-8-11(4)13(14(15)18)16(10-7-3)12(17)9-6-2/h11,13,15H,5-10H2,1-4H3. The first kappa shape index (κ1) is 16.9. The first-order chi connectivity index (χ1) is 8.49. The Balaban J connectivity index is 4.97. The number of nitrogens with zero attached hydrogens (tertiary/aromatic N) is 1. The van der Waals surface area contributed by atoms with Crippen LogP contribution in [0.3, 0.4) is 0 Å². The van der Waals surface area contributed by atoms with Crippen molar-refractivity contribution in [3.05, 3.63) is 0 Å². The lowest BCUT2D eigenvalue weighted by atomic mass is 9.94. The van der Waals surface area contributed by atoms with E-state index in [-0.39, 0.29) is 11.8 Å². The molecule has 4 heteroatoms. The summed E-state index contributed by atoms with van der Waals surface area (Å²) in [6, 6.07) is -0.566. The van der Waals surface area contributed by atoms with Crippen molar-refractivity contribution in [1.29, 1.82) is 0 Å². The Labute approximate surface area is 111 Å². The third-order valence-electron chi connectivity index (χ3n) is 3.14. The summed E-state index contributed by atoms with van der Waals surface area (Å²) < 4.78 is 0. The molecule has 2 amide bonds. The van der Waals surface area contributed by atoms with Crippen LogP contribution in [-0.2, 0) is 9.59 Å². The van der Waals surface area contributed by atoms with Gasteiger partial charge in [0.1, 0.15) is 6.04 Å². The van der Waals surface area contributed by atoms with Crippen LogP contribution in [0.4, 0.5) is 0 Å². The number of hydrogen-bond acceptors (Lipinski definition) is 2. The van der Waals surface area contributed by atoms with Crippen LogP contribution in [0.15, 0.2) is 0 Å². The molecule has 0 aliphatic carbocycles. The second-order valence-electron chi connectivity index (χ2n) is 4.91. The molecule has 0 spiro atoms. The van der Waals surface area contributed by atoms with Gasteiger partial charge < -0.3 is 4.90 Å². The van der Waals surface area contributed by atoms with Gasteiger partial charge >= 0.3 is 0 Å². The minimum absolute atomic E-state index is 0.00732. The van der Waals surface area contributed by atoms with Gasteiger partial charge in [0.2, 0.25) is 5.91 Å². The van der Waals surface area contributed by atoms with Gasteiger partial charge in [-0.1, -0.05) is 34.1 Å². The lowest BCUT2D eigenvalue weighted by Crippen LogP contribution is -2.49. The summed E-state index contributed by atoms with van der Waals surface area (Å²) in [7, 11) is 0. The number of carbonyl (C=O) groups is 2. The van der Waals surface area contributed by atoms with Crippen LogP contribution in [0.25, 0.3) is 0 Å². The summed E-state index contributed by atoms with van der Waals surface area (Å²) in [4.78, 5) is 25.3. The maximum absolute atomic E-state index is 12.1. The lowest BCUT2D eigenvalue weighted by molar-refractivity contribution is -0.141. The average molecular weight is 255 g/mol. The van der Waals surface area contributed by atoms with E-state index < -0.39 is 11.9 Å². The topological polar surface area (TPSA) is 61.2 Å². The number of rotatable bonds is 9. The zero-order chi connectivity index (χ0) is 14.1. The third kappa shape index (κ3) is 5.07. The molecule has 2 unspecified atom stereocenters. The second-order valence-corrected chi connectivity index (χ2v) is 4.91. The van der Waals surface area contributed by atoms with Crippen molar-refractivity contribution in [1.82, 2.24) is 10.6 Å². The van der Waals surface area contributed by atoms with E-state index in [1.165, 1.54) is 0 Å². The fourth-order valence-corrected chi connectivity index (χ4v) is 2.34. The highest BCUT2D eigenvalue weighted by Gasteiger charge is 2.31. The van der Waals surface area contributed by atoms with Crippen LogP contribution in [0, 0.1) is 5.92 Å². The molecule has 0 rings (SSSR count). The molecule has 0 aromatic rings. The summed E-state index contributed by atoms with van der Waals surface area (Å²) in [5, 5.41) is 0. The molecule has 0 aliphatic rings. The minimum Gasteiger partial charge on any atom is -0.330 e. The van der Waals surface area contributed by atoms with Gasteiger partial charge in [-0.05, 0) is 25.2 Å². The summed E-state index contributed by atoms with van der Waals surface area (Å²) >= 11 is 0. The molecule has 0 aliphatic heterocycles. The molecule has 0 saturated carbocycles. The molecule has 1 N–H and O–H groups in total. The maximum atomic E-state index is 12.1. The fraction of sp³-hybridized carbons (Fsp3) is 0.857. The summed E-state index contributed by atoms with van der Waals surface area (Å²) in [6.07, 6.45) is 3.89. The Morgan fingerprint density at radius 3 is 2.11 bits per heavy atom. The zero-order valence-electron chi connectivity index (χ0n) is 12.2. The van der Waals surface area contributed by atoms with Crippen molar-refractivity contribution in [2.45, 2.75) is 65.8 Å². The van der Waals surface area contributed by atoms with Crippen molar-refractivity contribution in [3.63, 3.8) is 0 Å². The molecule has 0 fully saturated rings. The molecule has 0 saturated heterocycles. The Kier molecular flexibility index (Phi) is 8.42. The van der Waals surface area contributed by atoms with Gasteiger partial charge in [-0.15, -0.1) is 0 Å². The monoisotopic (exact) mass is 255 g/mol. The average Bonchev–Trinajstić information content (AvgIpc) is 2.28. The van der Waals surface area contributed by atoms with Gasteiger partial charge in [-0.2, -0.15) is 0 Å². The first-order valence-corrected chi connectivity index (χ1v) is 7.04. The molecule has 0 aromatic heterocycles.